The molecule has 0 N–H and O–H groups in total. The number of nitrogens with zero attached hydrogens (tertiary/aromatic N) is 1. The summed E-state index contributed by atoms with van der Waals surface area (Å²) in [4.78, 5) is 11.2. The molecule has 16 heavy (non-hydrogen) atoms. The van der Waals surface area contributed by atoms with Gasteiger partial charge < -0.3 is 0 Å². The highest BCUT2D eigenvalue weighted by Gasteiger charge is 2.30. The lowest BCUT2D eigenvalue weighted by atomic mass is 9.80. The molecule has 2 nitrogen and oxygen atoms in total. The number of benzene rings is 1. The highest BCUT2D eigenvalue weighted by molar-refractivity contribution is 9.10. The van der Waals surface area contributed by atoms with Crippen LogP contribution in [0.4, 0.5) is 0 Å². The molecule has 0 bridgehead atoms. The van der Waals surface area contributed by atoms with Crippen LogP contribution in [0.15, 0.2) is 22.7 Å². The number of nitriles is 1. The summed E-state index contributed by atoms with van der Waals surface area (Å²) >= 11 is 9.39. The van der Waals surface area contributed by atoms with E-state index >= 15 is 0 Å². The molecule has 0 spiro atoms. The van der Waals surface area contributed by atoms with E-state index in [-0.39, 0.29) is 12.2 Å². The first kappa shape index (κ1) is 13.2. The zero-order chi connectivity index (χ0) is 12.3. The van der Waals surface area contributed by atoms with Gasteiger partial charge >= 0.3 is 0 Å². The summed E-state index contributed by atoms with van der Waals surface area (Å²) < 4.78 is 0.851. The number of Topliss-reactive ketones (excluding diaryl/α,β-unsaturated/α-hetero) is 1. The summed E-state index contributed by atoms with van der Waals surface area (Å²) in [5.74, 6) is -0.0250. The monoisotopic (exact) mass is 299 g/mol. The fourth-order valence-electron chi connectivity index (χ4n) is 1.63. The Balaban J connectivity index is 3.24. The first-order valence-corrected chi connectivity index (χ1v) is 5.92. The van der Waals surface area contributed by atoms with Gasteiger partial charge in [-0.05, 0) is 31.5 Å². The second-order valence-electron chi connectivity index (χ2n) is 3.95. The van der Waals surface area contributed by atoms with Gasteiger partial charge in [0, 0.05) is 15.9 Å². The van der Waals surface area contributed by atoms with Crippen LogP contribution in [-0.2, 0) is 10.2 Å². The Bertz CT molecular complexity index is 467. The number of rotatable bonds is 3. The molecule has 0 amide bonds. The Hall–Kier alpha value is -0.850. The van der Waals surface area contributed by atoms with Crippen molar-refractivity contribution >= 4 is 33.3 Å². The molecule has 1 unspecified atom stereocenters. The number of ketones is 1. The van der Waals surface area contributed by atoms with Gasteiger partial charge in [-0.1, -0.05) is 33.6 Å². The Morgan fingerprint density at radius 2 is 2.25 bits per heavy atom. The molecule has 0 aliphatic carbocycles. The average Bonchev–Trinajstić information content (AvgIpc) is 2.16. The van der Waals surface area contributed by atoms with Gasteiger partial charge in [0.25, 0.3) is 0 Å². The SMILES string of the molecule is CC(=O)CC(C)(C#N)c1ccc(Br)cc1Cl. The molecule has 0 aliphatic rings. The number of halogens is 2. The van der Waals surface area contributed by atoms with Gasteiger partial charge in [-0.25, -0.2) is 0 Å². The van der Waals surface area contributed by atoms with E-state index in [9.17, 15) is 10.1 Å². The van der Waals surface area contributed by atoms with Crippen molar-refractivity contribution < 1.29 is 4.79 Å². The quantitative estimate of drug-likeness (QED) is 0.850. The van der Waals surface area contributed by atoms with Gasteiger partial charge in [0.05, 0.1) is 11.5 Å². The Kier molecular flexibility index (Phi) is 4.12. The van der Waals surface area contributed by atoms with Gasteiger partial charge in [0.15, 0.2) is 0 Å². The van der Waals surface area contributed by atoms with Gasteiger partial charge in [-0.3, -0.25) is 4.79 Å². The van der Waals surface area contributed by atoms with Crippen molar-refractivity contribution in [2.24, 2.45) is 0 Å². The van der Waals surface area contributed by atoms with Gasteiger partial charge in [-0.2, -0.15) is 5.26 Å². The summed E-state index contributed by atoms with van der Waals surface area (Å²) in [6.45, 7) is 3.20. The maximum Gasteiger partial charge on any atom is 0.131 e. The number of carbonyl (C=O) groups is 1. The van der Waals surface area contributed by atoms with Crippen molar-refractivity contribution in [3.63, 3.8) is 0 Å². The zero-order valence-electron chi connectivity index (χ0n) is 9.05. The number of hydrogen-bond donors (Lipinski definition) is 0. The van der Waals surface area contributed by atoms with Gasteiger partial charge in [-0.15, -0.1) is 0 Å². The molecule has 0 aromatic heterocycles. The van der Waals surface area contributed by atoms with Gasteiger partial charge in [0.2, 0.25) is 0 Å². The summed E-state index contributed by atoms with van der Waals surface area (Å²) in [7, 11) is 0. The van der Waals surface area contributed by atoms with E-state index in [2.05, 4.69) is 22.0 Å². The molecule has 0 saturated heterocycles. The minimum atomic E-state index is -0.858. The molecule has 0 saturated carbocycles. The zero-order valence-corrected chi connectivity index (χ0v) is 11.4. The standard InChI is InChI=1S/C12H11BrClNO/c1-8(16)6-12(2,7-15)10-4-3-9(13)5-11(10)14/h3-5H,6H2,1-2H3. The topological polar surface area (TPSA) is 40.9 Å². The van der Waals surface area contributed by atoms with E-state index in [1.165, 1.54) is 6.92 Å². The van der Waals surface area contributed by atoms with Crippen molar-refractivity contribution in [2.45, 2.75) is 25.7 Å². The lowest BCUT2D eigenvalue weighted by molar-refractivity contribution is -0.117. The van der Waals surface area contributed by atoms with Crippen molar-refractivity contribution in [1.82, 2.24) is 0 Å². The second-order valence-corrected chi connectivity index (χ2v) is 5.27. The van der Waals surface area contributed by atoms with Gasteiger partial charge in [0.1, 0.15) is 5.78 Å². The largest absolute Gasteiger partial charge is 0.300 e. The van der Waals surface area contributed by atoms with E-state index in [1.54, 1.807) is 19.1 Å². The van der Waals surface area contributed by atoms with E-state index < -0.39 is 5.41 Å². The molecular formula is C12H11BrClNO. The summed E-state index contributed by atoms with van der Waals surface area (Å²) in [6.07, 6.45) is 0.171. The molecule has 0 fully saturated rings. The fourth-order valence-corrected chi connectivity index (χ4v) is 2.51. The van der Waals surface area contributed by atoms with E-state index in [4.69, 9.17) is 11.6 Å². The highest BCUT2D eigenvalue weighted by atomic mass is 79.9. The third kappa shape index (κ3) is 2.84. The van der Waals surface area contributed by atoms with Crippen LogP contribution in [0.3, 0.4) is 0 Å². The minimum Gasteiger partial charge on any atom is -0.300 e. The summed E-state index contributed by atoms with van der Waals surface area (Å²) in [6, 6.07) is 7.49. The van der Waals surface area contributed by atoms with E-state index in [1.807, 2.05) is 6.07 Å². The molecule has 1 rings (SSSR count). The lowest BCUT2D eigenvalue weighted by Gasteiger charge is -2.21. The van der Waals surface area contributed by atoms with Crippen LogP contribution >= 0.6 is 27.5 Å². The van der Waals surface area contributed by atoms with E-state index in [0.717, 1.165) is 4.47 Å². The maximum atomic E-state index is 11.2. The van der Waals surface area contributed by atoms with Crippen LogP contribution in [0.1, 0.15) is 25.8 Å². The predicted octanol–water partition coefficient (Wildman–Crippen LogP) is 3.86. The van der Waals surface area contributed by atoms with Crippen LogP contribution in [0, 0.1) is 11.3 Å². The lowest BCUT2D eigenvalue weighted by Crippen LogP contribution is -2.23. The Morgan fingerprint density at radius 3 is 2.69 bits per heavy atom. The van der Waals surface area contributed by atoms with Crippen molar-refractivity contribution in [3.8, 4) is 6.07 Å². The number of carbonyl (C=O) groups excluding carboxylic acids is 1. The predicted molar refractivity (Wildman–Crippen MR) is 67.4 cm³/mol. The van der Waals surface area contributed by atoms with Crippen LogP contribution in [0.5, 0.6) is 0 Å². The number of hydrogen-bond acceptors (Lipinski definition) is 2. The van der Waals surface area contributed by atoms with Crippen molar-refractivity contribution in [1.29, 1.82) is 5.26 Å². The minimum absolute atomic E-state index is 0.0250. The Morgan fingerprint density at radius 1 is 1.62 bits per heavy atom. The van der Waals surface area contributed by atoms with Crippen LogP contribution in [-0.4, -0.2) is 5.78 Å². The first-order valence-electron chi connectivity index (χ1n) is 4.75. The molecule has 84 valence electrons. The molecule has 1 aromatic carbocycles. The van der Waals surface area contributed by atoms with Crippen LogP contribution in [0.2, 0.25) is 5.02 Å². The first-order chi connectivity index (χ1) is 7.39. The molecule has 0 radical (unpaired) electrons. The fraction of sp³-hybridized carbons (Fsp3) is 0.333. The molecule has 0 aliphatic heterocycles. The third-order valence-electron chi connectivity index (χ3n) is 2.37. The second kappa shape index (κ2) is 4.99. The maximum absolute atomic E-state index is 11.2. The molecule has 4 heteroatoms. The summed E-state index contributed by atoms with van der Waals surface area (Å²) in [5.41, 5.74) is -0.168. The smallest absolute Gasteiger partial charge is 0.131 e. The average molecular weight is 301 g/mol. The Labute approximate surface area is 108 Å². The normalized spacial score (nSPS) is 13.9. The van der Waals surface area contributed by atoms with E-state index in [0.29, 0.717) is 10.6 Å². The highest BCUT2D eigenvalue weighted by Crippen LogP contribution is 2.34. The van der Waals surface area contributed by atoms with Crippen molar-refractivity contribution in [2.75, 3.05) is 0 Å². The summed E-state index contributed by atoms with van der Waals surface area (Å²) in [5, 5.41) is 9.71. The molecule has 1 atom stereocenters. The van der Waals surface area contributed by atoms with Crippen molar-refractivity contribution in [3.05, 3.63) is 33.3 Å². The van der Waals surface area contributed by atoms with Crippen LogP contribution in [0.25, 0.3) is 0 Å². The molecular weight excluding hydrogens is 289 g/mol. The third-order valence-corrected chi connectivity index (χ3v) is 3.18. The molecule has 1 aromatic rings. The van der Waals surface area contributed by atoms with Crippen LogP contribution < -0.4 is 0 Å². The molecule has 0 heterocycles.